The average molecular weight is 468 g/mol. The second-order valence-corrected chi connectivity index (χ2v) is 8.72. The fourth-order valence-corrected chi connectivity index (χ4v) is 4.63. The number of aromatic nitrogens is 1. The average Bonchev–Trinajstić information content (AvgIpc) is 3.55. The summed E-state index contributed by atoms with van der Waals surface area (Å²) in [6.07, 6.45) is 3.39. The normalized spacial score (nSPS) is 23.0. The van der Waals surface area contributed by atoms with Crippen LogP contribution in [0.1, 0.15) is 45.7 Å². The molecule has 0 radical (unpaired) electrons. The van der Waals surface area contributed by atoms with Crippen molar-refractivity contribution in [3.63, 3.8) is 0 Å². The van der Waals surface area contributed by atoms with Gasteiger partial charge in [0.25, 0.3) is 17.7 Å². The predicted octanol–water partition coefficient (Wildman–Crippen LogP) is 2.31. The van der Waals surface area contributed by atoms with Gasteiger partial charge in [-0.2, -0.15) is 0 Å². The van der Waals surface area contributed by atoms with E-state index in [4.69, 9.17) is 9.57 Å². The molecule has 0 aliphatic carbocycles. The van der Waals surface area contributed by atoms with Crippen LogP contribution in [0.5, 0.6) is 0 Å². The van der Waals surface area contributed by atoms with Gasteiger partial charge in [0, 0.05) is 29.2 Å². The molecule has 1 aromatic carbocycles. The Labute approximate surface area is 195 Å². The number of amides is 3. The number of halogens is 1. The number of aromatic amines is 1. The van der Waals surface area contributed by atoms with Crippen LogP contribution in [-0.2, 0) is 19.2 Å². The first-order chi connectivity index (χ1) is 16.3. The van der Waals surface area contributed by atoms with E-state index < -0.39 is 17.8 Å². The highest BCUT2D eigenvalue weighted by molar-refractivity contribution is 6.34. The van der Waals surface area contributed by atoms with Crippen LogP contribution in [0.3, 0.4) is 0 Å². The van der Waals surface area contributed by atoms with Gasteiger partial charge in [-0.3, -0.25) is 19.2 Å². The molecule has 4 heterocycles. The zero-order valence-electron chi connectivity index (χ0n) is 18.9. The molecule has 2 fully saturated rings. The second-order valence-electron chi connectivity index (χ2n) is 8.72. The van der Waals surface area contributed by atoms with Gasteiger partial charge in [0.2, 0.25) is 0 Å². The summed E-state index contributed by atoms with van der Waals surface area (Å²) in [5.41, 5.74) is 3.43. The van der Waals surface area contributed by atoms with Crippen molar-refractivity contribution in [1.82, 2.24) is 15.4 Å². The molecule has 2 aromatic rings. The van der Waals surface area contributed by atoms with Crippen LogP contribution in [0, 0.1) is 19.7 Å². The van der Waals surface area contributed by atoms with Crippen molar-refractivity contribution in [3.8, 4) is 0 Å². The summed E-state index contributed by atoms with van der Waals surface area (Å²) in [6.45, 7) is 4.57. The third-order valence-corrected chi connectivity index (χ3v) is 6.40. The van der Waals surface area contributed by atoms with Crippen LogP contribution >= 0.6 is 0 Å². The lowest BCUT2D eigenvalue weighted by Gasteiger charge is -2.18. The molecular formula is C24H25FN4O5. The highest BCUT2D eigenvalue weighted by Crippen LogP contribution is 2.34. The molecule has 34 heavy (non-hydrogen) atoms. The number of H-pyrrole nitrogens is 1. The van der Waals surface area contributed by atoms with Crippen LogP contribution in [0.2, 0.25) is 0 Å². The summed E-state index contributed by atoms with van der Waals surface area (Å²) < 4.78 is 19.3. The van der Waals surface area contributed by atoms with Crippen LogP contribution in [0.15, 0.2) is 18.2 Å². The lowest BCUT2D eigenvalue weighted by Crippen LogP contribution is -2.44. The number of hydroxylamine groups is 2. The summed E-state index contributed by atoms with van der Waals surface area (Å²) in [7, 11) is 0. The Balaban J connectivity index is 1.33. The number of carbonyl (C=O) groups excluding carboxylic acids is 3. The SMILES string of the molecule is Cc1[nH]c(C=C2C(=O)Nc3ccc(F)cc32)c(C)c1C(=O)N[C@@H]1CON(CC2CCCO2)C1=O. The summed E-state index contributed by atoms with van der Waals surface area (Å²) in [4.78, 5) is 46.8. The van der Waals surface area contributed by atoms with Crippen LogP contribution in [0.25, 0.3) is 11.6 Å². The van der Waals surface area contributed by atoms with E-state index in [-0.39, 0.29) is 24.5 Å². The van der Waals surface area contributed by atoms with Crippen LogP contribution in [-0.4, -0.2) is 59.7 Å². The molecule has 9 nitrogen and oxygen atoms in total. The largest absolute Gasteiger partial charge is 0.376 e. The standard InChI is InChI=1S/C24H25FN4O5/c1-12-19(9-17-16-8-14(25)5-6-18(16)27-22(17)30)26-13(2)21(12)23(31)28-20-11-34-29(24(20)32)10-15-4-3-7-33-15/h5-6,8-9,15,20,26H,3-4,7,10-11H2,1-2H3,(H,27,30)(H,28,31)/t15?,20-/m1/s1. The molecule has 178 valence electrons. The highest BCUT2D eigenvalue weighted by atomic mass is 19.1. The fourth-order valence-electron chi connectivity index (χ4n) is 4.63. The summed E-state index contributed by atoms with van der Waals surface area (Å²) in [5, 5.41) is 6.73. The predicted molar refractivity (Wildman–Crippen MR) is 121 cm³/mol. The minimum atomic E-state index is -0.792. The third kappa shape index (κ3) is 3.99. The number of ether oxygens (including phenoxy) is 1. The molecule has 0 bridgehead atoms. The first-order valence-electron chi connectivity index (χ1n) is 11.2. The molecule has 1 aromatic heterocycles. The molecule has 3 amide bonds. The summed E-state index contributed by atoms with van der Waals surface area (Å²) >= 11 is 0. The summed E-state index contributed by atoms with van der Waals surface area (Å²) in [5.74, 6) is -1.52. The van der Waals surface area contributed by atoms with Crippen molar-refractivity contribution in [2.75, 3.05) is 25.1 Å². The lowest BCUT2D eigenvalue weighted by atomic mass is 10.0. The molecule has 1 unspecified atom stereocenters. The monoisotopic (exact) mass is 468 g/mol. The van der Waals surface area contributed by atoms with Crippen molar-refractivity contribution >= 4 is 35.1 Å². The Morgan fingerprint density at radius 1 is 1.32 bits per heavy atom. The molecule has 0 saturated carbocycles. The van der Waals surface area contributed by atoms with E-state index in [1.165, 1.54) is 23.3 Å². The number of aryl methyl sites for hydroxylation is 1. The molecule has 10 heteroatoms. The Bertz CT molecular complexity index is 1210. The Morgan fingerprint density at radius 3 is 2.91 bits per heavy atom. The topological polar surface area (TPSA) is 113 Å². The molecule has 2 atom stereocenters. The fraction of sp³-hybridized carbons (Fsp3) is 0.375. The maximum atomic E-state index is 13.7. The molecule has 0 spiro atoms. The van der Waals surface area contributed by atoms with Crippen molar-refractivity contribution in [2.24, 2.45) is 0 Å². The molecule has 3 aliphatic heterocycles. The maximum absolute atomic E-state index is 13.7. The number of benzene rings is 1. The smallest absolute Gasteiger partial charge is 0.271 e. The number of nitrogens with zero attached hydrogens (tertiary/aromatic N) is 1. The van der Waals surface area contributed by atoms with Gasteiger partial charge in [-0.25, -0.2) is 9.45 Å². The number of carbonyl (C=O) groups is 3. The van der Waals surface area contributed by atoms with Gasteiger partial charge in [-0.05, 0) is 56.5 Å². The highest BCUT2D eigenvalue weighted by Gasteiger charge is 2.37. The Morgan fingerprint density at radius 2 is 2.15 bits per heavy atom. The first-order valence-corrected chi connectivity index (χ1v) is 11.2. The summed E-state index contributed by atoms with van der Waals surface area (Å²) in [6, 6.07) is 3.30. The van der Waals surface area contributed by atoms with Gasteiger partial charge in [0.1, 0.15) is 18.5 Å². The van der Waals surface area contributed by atoms with Crippen LogP contribution in [0.4, 0.5) is 10.1 Å². The van der Waals surface area contributed by atoms with Crippen molar-refractivity contribution in [1.29, 1.82) is 0 Å². The first kappa shape index (κ1) is 22.3. The lowest BCUT2D eigenvalue weighted by molar-refractivity contribution is -0.168. The van der Waals surface area contributed by atoms with Gasteiger partial charge in [0.05, 0.1) is 23.8 Å². The van der Waals surface area contributed by atoms with E-state index in [0.717, 1.165) is 12.8 Å². The minimum Gasteiger partial charge on any atom is -0.376 e. The molecule has 3 N–H and O–H groups in total. The van der Waals surface area contributed by atoms with Gasteiger partial charge in [0.15, 0.2) is 0 Å². The molecule has 3 aliphatic rings. The van der Waals surface area contributed by atoms with Crippen LogP contribution < -0.4 is 10.6 Å². The number of hydrogen-bond donors (Lipinski definition) is 3. The van der Waals surface area contributed by atoms with Crippen molar-refractivity contribution in [3.05, 3.63) is 52.1 Å². The van der Waals surface area contributed by atoms with E-state index >= 15 is 0 Å². The zero-order chi connectivity index (χ0) is 24.0. The van der Waals surface area contributed by atoms with Gasteiger partial charge < -0.3 is 20.4 Å². The maximum Gasteiger partial charge on any atom is 0.271 e. The number of hydrogen-bond acceptors (Lipinski definition) is 5. The van der Waals surface area contributed by atoms with Crippen molar-refractivity contribution in [2.45, 2.75) is 38.8 Å². The second kappa shape index (κ2) is 8.69. The molecule has 5 rings (SSSR count). The van der Waals surface area contributed by atoms with E-state index in [1.54, 1.807) is 19.9 Å². The minimum absolute atomic E-state index is 0.0467. The van der Waals surface area contributed by atoms with E-state index in [9.17, 15) is 18.8 Å². The molecular weight excluding hydrogens is 443 g/mol. The number of anilines is 1. The number of rotatable bonds is 5. The zero-order valence-corrected chi connectivity index (χ0v) is 18.9. The van der Waals surface area contributed by atoms with E-state index in [0.29, 0.717) is 52.5 Å². The number of nitrogens with one attached hydrogen (secondary N) is 3. The Hall–Kier alpha value is -3.50. The third-order valence-electron chi connectivity index (χ3n) is 6.40. The van der Waals surface area contributed by atoms with E-state index in [2.05, 4.69) is 15.6 Å². The number of fused-ring (bicyclic) bond motifs is 1. The van der Waals surface area contributed by atoms with Gasteiger partial charge in [-0.1, -0.05) is 0 Å². The van der Waals surface area contributed by atoms with E-state index in [1.807, 2.05) is 0 Å². The van der Waals surface area contributed by atoms with Gasteiger partial charge in [-0.15, -0.1) is 0 Å². The van der Waals surface area contributed by atoms with Crippen molar-refractivity contribution < 1.29 is 28.3 Å². The Kier molecular flexibility index (Phi) is 5.70. The quantitative estimate of drug-likeness (QED) is 0.583. The molecule has 2 saturated heterocycles. The van der Waals surface area contributed by atoms with Gasteiger partial charge >= 0.3 is 0 Å².